The minimum Gasteiger partial charge on any atom is -0.480 e. The number of urea groups is 1. The summed E-state index contributed by atoms with van der Waals surface area (Å²) in [5, 5.41) is 21.0. The van der Waals surface area contributed by atoms with Crippen LogP contribution in [-0.2, 0) is 11.3 Å². The third kappa shape index (κ3) is 4.71. The molecule has 0 aliphatic carbocycles. The summed E-state index contributed by atoms with van der Waals surface area (Å²) in [6.45, 7) is 1.60. The Bertz CT molecular complexity index is 476. The van der Waals surface area contributed by atoms with Crippen molar-refractivity contribution in [2.24, 2.45) is 0 Å². The van der Waals surface area contributed by atoms with Crippen LogP contribution in [0.25, 0.3) is 0 Å². The lowest BCUT2D eigenvalue weighted by Crippen LogP contribution is -2.51. The number of carbonyl (C=O) groups excluding carboxylic acids is 1. The number of carbonyl (C=O) groups is 2. The SMILES string of the molecule is CC(O)C(NC(=O)N(C)Cc1ccc(Cl)cc1)C(=O)O. The second-order valence-corrected chi connectivity index (χ2v) is 4.92. The van der Waals surface area contributed by atoms with Gasteiger partial charge in [-0.25, -0.2) is 9.59 Å². The van der Waals surface area contributed by atoms with Gasteiger partial charge in [-0.1, -0.05) is 23.7 Å². The second kappa shape index (κ2) is 7.12. The topological polar surface area (TPSA) is 89.9 Å². The van der Waals surface area contributed by atoms with E-state index in [-0.39, 0.29) is 0 Å². The van der Waals surface area contributed by atoms with Gasteiger partial charge >= 0.3 is 12.0 Å². The number of amides is 2. The molecule has 0 spiro atoms. The molecule has 1 rings (SSSR count). The monoisotopic (exact) mass is 300 g/mol. The van der Waals surface area contributed by atoms with Crippen LogP contribution in [0.15, 0.2) is 24.3 Å². The molecule has 0 aliphatic rings. The Balaban J connectivity index is 2.62. The fourth-order valence-corrected chi connectivity index (χ4v) is 1.69. The van der Waals surface area contributed by atoms with E-state index in [0.717, 1.165) is 5.56 Å². The van der Waals surface area contributed by atoms with Crippen molar-refractivity contribution in [3.05, 3.63) is 34.9 Å². The van der Waals surface area contributed by atoms with E-state index in [1.165, 1.54) is 18.9 Å². The molecule has 2 atom stereocenters. The van der Waals surface area contributed by atoms with Crippen molar-refractivity contribution in [1.82, 2.24) is 10.2 Å². The van der Waals surface area contributed by atoms with Gasteiger partial charge < -0.3 is 20.4 Å². The second-order valence-electron chi connectivity index (χ2n) is 4.49. The quantitative estimate of drug-likeness (QED) is 0.765. The van der Waals surface area contributed by atoms with Crippen molar-refractivity contribution < 1.29 is 19.8 Å². The number of nitrogens with one attached hydrogen (secondary N) is 1. The first-order chi connectivity index (χ1) is 9.31. The van der Waals surface area contributed by atoms with Crippen LogP contribution >= 0.6 is 11.6 Å². The van der Waals surface area contributed by atoms with Crippen molar-refractivity contribution >= 4 is 23.6 Å². The molecule has 1 aromatic carbocycles. The molecule has 0 saturated heterocycles. The summed E-state index contributed by atoms with van der Waals surface area (Å²) in [4.78, 5) is 24.1. The number of hydrogen-bond acceptors (Lipinski definition) is 3. The maximum atomic E-state index is 11.8. The number of aliphatic carboxylic acids is 1. The highest BCUT2D eigenvalue weighted by Crippen LogP contribution is 2.11. The molecule has 110 valence electrons. The molecular weight excluding hydrogens is 284 g/mol. The average molecular weight is 301 g/mol. The first-order valence-corrected chi connectivity index (χ1v) is 6.36. The Hall–Kier alpha value is -1.79. The molecule has 0 aromatic heterocycles. The largest absolute Gasteiger partial charge is 0.480 e. The molecule has 0 heterocycles. The van der Waals surface area contributed by atoms with Crippen LogP contribution in [0.3, 0.4) is 0 Å². The van der Waals surface area contributed by atoms with Gasteiger partial charge in [-0.15, -0.1) is 0 Å². The summed E-state index contributed by atoms with van der Waals surface area (Å²) < 4.78 is 0. The van der Waals surface area contributed by atoms with E-state index in [2.05, 4.69) is 5.32 Å². The zero-order valence-electron chi connectivity index (χ0n) is 11.2. The Kier molecular flexibility index (Phi) is 5.79. The normalized spacial score (nSPS) is 13.4. The Morgan fingerprint density at radius 3 is 2.35 bits per heavy atom. The maximum Gasteiger partial charge on any atom is 0.328 e. The van der Waals surface area contributed by atoms with E-state index >= 15 is 0 Å². The number of benzene rings is 1. The third-order valence-electron chi connectivity index (χ3n) is 2.71. The van der Waals surface area contributed by atoms with Gasteiger partial charge in [0.05, 0.1) is 6.10 Å². The molecule has 0 radical (unpaired) electrons. The van der Waals surface area contributed by atoms with Crippen LogP contribution in [-0.4, -0.2) is 46.3 Å². The zero-order valence-corrected chi connectivity index (χ0v) is 12.0. The molecule has 0 bridgehead atoms. The Morgan fingerprint density at radius 2 is 1.90 bits per heavy atom. The molecular formula is C13H17ClN2O4. The molecule has 3 N–H and O–H groups in total. The molecule has 7 heteroatoms. The highest BCUT2D eigenvalue weighted by Gasteiger charge is 2.26. The molecule has 2 amide bonds. The summed E-state index contributed by atoms with van der Waals surface area (Å²) in [6, 6.07) is 5.05. The van der Waals surface area contributed by atoms with Crippen molar-refractivity contribution in [2.75, 3.05) is 7.05 Å². The fraction of sp³-hybridized carbons (Fsp3) is 0.385. The lowest BCUT2D eigenvalue weighted by atomic mass is 10.2. The summed E-state index contributed by atoms with van der Waals surface area (Å²) in [5.41, 5.74) is 0.857. The maximum absolute atomic E-state index is 11.8. The number of halogens is 1. The van der Waals surface area contributed by atoms with Crippen molar-refractivity contribution in [2.45, 2.75) is 25.6 Å². The van der Waals surface area contributed by atoms with Crippen LogP contribution in [0.4, 0.5) is 4.79 Å². The van der Waals surface area contributed by atoms with Gasteiger partial charge in [-0.2, -0.15) is 0 Å². The summed E-state index contributed by atoms with van der Waals surface area (Å²) >= 11 is 5.76. The van der Waals surface area contributed by atoms with Gasteiger partial charge in [-0.3, -0.25) is 0 Å². The van der Waals surface area contributed by atoms with Gasteiger partial charge in [0.2, 0.25) is 0 Å². The van der Waals surface area contributed by atoms with Crippen molar-refractivity contribution in [3.63, 3.8) is 0 Å². The molecule has 0 fully saturated rings. The van der Waals surface area contributed by atoms with Gasteiger partial charge in [-0.05, 0) is 24.6 Å². The smallest absolute Gasteiger partial charge is 0.328 e. The number of carboxylic acid groups (broad SMARTS) is 1. The molecule has 0 aliphatic heterocycles. The molecule has 0 saturated carbocycles. The van der Waals surface area contributed by atoms with E-state index in [9.17, 15) is 14.7 Å². The number of aliphatic hydroxyl groups is 1. The minimum absolute atomic E-state index is 0.301. The van der Waals surface area contributed by atoms with E-state index in [1.807, 2.05) is 0 Å². The lowest BCUT2D eigenvalue weighted by Gasteiger charge is -2.22. The minimum atomic E-state index is -1.34. The summed E-state index contributed by atoms with van der Waals surface area (Å²) in [6.07, 6.45) is -1.18. The van der Waals surface area contributed by atoms with Crippen LogP contribution in [0, 0.1) is 0 Å². The highest BCUT2D eigenvalue weighted by molar-refractivity contribution is 6.30. The summed E-state index contributed by atoms with van der Waals surface area (Å²) in [5.74, 6) is -1.28. The predicted octanol–water partition coefficient (Wildman–Crippen LogP) is 1.32. The summed E-state index contributed by atoms with van der Waals surface area (Å²) in [7, 11) is 1.53. The number of carboxylic acids is 1. The van der Waals surface area contributed by atoms with E-state index in [4.69, 9.17) is 16.7 Å². The number of rotatable bonds is 5. The first-order valence-electron chi connectivity index (χ1n) is 5.98. The van der Waals surface area contributed by atoms with Crippen molar-refractivity contribution in [1.29, 1.82) is 0 Å². The van der Waals surface area contributed by atoms with Gasteiger partial charge in [0.1, 0.15) is 0 Å². The Labute approximate surface area is 122 Å². The van der Waals surface area contributed by atoms with Gasteiger partial charge in [0.15, 0.2) is 6.04 Å². The molecule has 2 unspecified atom stereocenters. The van der Waals surface area contributed by atoms with Crippen LogP contribution < -0.4 is 5.32 Å². The molecule has 20 heavy (non-hydrogen) atoms. The number of aliphatic hydroxyl groups excluding tert-OH is 1. The van der Waals surface area contributed by atoms with Gasteiger partial charge in [0.25, 0.3) is 0 Å². The van der Waals surface area contributed by atoms with Gasteiger partial charge in [0, 0.05) is 18.6 Å². The Morgan fingerprint density at radius 1 is 1.35 bits per heavy atom. The predicted molar refractivity (Wildman–Crippen MR) is 74.6 cm³/mol. The van der Waals surface area contributed by atoms with Crippen LogP contribution in [0.2, 0.25) is 5.02 Å². The molecule has 6 nitrogen and oxygen atoms in total. The van der Waals surface area contributed by atoms with Crippen LogP contribution in [0.1, 0.15) is 12.5 Å². The lowest BCUT2D eigenvalue weighted by molar-refractivity contribution is -0.141. The van der Waals surface area contributed by atoms with E-state index < -0.39 is 24.1 Å². The number of nitrogens with zero attached hydrogens (tertiary/aromatic N) is 1. The van der Waals surface area contributed by atoms with Crippen LogP contribution in [0.5, 0.6) is 0 Å². The van der Waals surface area contributed by atoms with E-state index in [0.29, 0.717) is 11.6 Å². The standard InChI is InChI=1S/C13H17ClN2O4/c1-8(17)11(12(18)19)15-13(20)16(2)7-9-3-5-10(14)6-4-9/h3-6,8,11,17H,7H2,1-2H3,(H,15,20)(H,18,19). The zero-order chi connectivity index (χ0) is 15.3. The number of hydrogen-bond donors (Lipinski definition) is 3. The fourth-order valence-electron chi connectivity index (χ4n) is 1.57. The molecule has 1 aromatic rings. The van der Waals surface area contributed by atoms with Crippen molar-refractivity contribution in [3.8, 4) is 0 Å². The highest BCUT2D eigenvalue weighted by atomic mass is 35.5. The average Bonchev–Trinajstić information content (AvgIpc) is 2.37. The first kappa shape index (κ1) is 16.3. The van der Waals surface area contributed by atoms with E-state index in [1.54, 1.807) is 24.3 Å². The third-order valence-corrected chi connectivity index (χ3v) is 2.96.